The third-order valence-corrected chi connectivity index (χ3v) is 5.38. The van der Waals surface area contributed by atoms with Crippen LogP contribution in [-0.4, -0.2) is 34.9 Å². The van der Waals surface area contributed by atoms with E-state index in [1.807, 2.05) is 0 Å². The fraction of sp³-hybridized carbons (Fsp3) is 0.933. The molecular weight excluding hydrogens is 242 g/mol. The normalized spacial score (nSPS) is 33.7. The van der Waals surface area contributed by atoms with Crippen LogP contribution in [0.4, 0.5) is 0 Å². The zero-order chi connectivity index (χ0) is 13.9. The van der Waals surface area contributed by atoms with Gasteiger partial charge in [-0.05, 0) is 50.4 Å². The molecule has 2 aliphatic rings. The van der Waals surface area contributed by atoms with Gasteiger partial charge in [-0.25, -0.2) is 0 Å². The van der Waals surface area contributed by atoms with Crippen molar-refractivity contribution in [1.29, 1.82) is 0 Å². The molecule has 0 amide bonds. The number of aliphatic hydroxyl groups is 1. The Labute approximate surface area is 115 Å². The van der Waals surface area contributed by atoms with Crippen LogP contribution in [0.5, 0.6) is 0 Å². The summed E-state index contributed by atoms with van der Waals surface area (Å²) in [6.45, 7) is 3.85. The van der Waals surface area contributed by atoms with Gasteiger partial charge in [0.15, 0.2) is 0 Å². The zero-order valence-electron chi connectivity index (χ0n) is 12.0. The van der Waals surface area contributed by atoms with Gasteiger partial charge in [-0.1, -0.05) is 13.3 Å². The summed E-state index contributed by atoms with van der Waals surface area (Å²) in [5, 5.41) is 22.9. The summed E-state index contributed by atoms with van der Waals surface area (Å²) in [6.07, 6.45) is 7.57. The Morgan fingerprint density at radius 2 is 1.84 bits per heavy atom. The molecule has 2 fully saturated rings. The van der Waals surface area contributed by atoms with Gasteiger partial charge < -0.3 is 15.5 Å². The number of hydrogen-bond donors (Lipinski definition) is 3. The van der Waals surface area contributed by atoms with Crippen LogP contribution in [0.3, 0.4) is 0 Å². The first-order valence-corrected chi connectivity index (χ1v) is 7.65. The second kappa shape index (κ2) is 5.80. The standard InChI is InChI=1S/C15H27NO3/c1-2-14(6-3-7-14)10-16-11-15(19)8-4-12(5-9-15)13(17)18/h12,16,19H,2-11H2,1H3,(H,17,18). The number of carboxylic acid groups (broad SMARTS) is 1. The van der Waals surface area contributed by atoms with Gasteiger partial charge in [0.25, 0.3) is 0 Å². The van der Waals surface area contributed by atoms with Crippen LogP contribution in [0.25, 0.3) is 0 Å². The Bertz CT molecular complexity index is 312. The lowest BCUT2D eigenvalue weighted by Gasteiger charge is -2.43. The van der Waals surface area contributed by atoms with Crippen LogP contribution < -0.4 is 5.32 Å². The highest BCUT2D eigenvalue weighted by atomic mass is 16.4. The fourth-order valence-electron chi connectivity index (χ4n) is 3.47. The van der Waals surface area contributed by atoms with E-state index in [-0.39, 0.29) is 5.92 Å². The van der Waals surface area contributed by atoms with E-state index in [1.165, 1.54) is 25.7 Å². The topological polar surface area (TPSA) is 69.6 Å². The van der Waals surface area contributed by atoms with Crippen molar-refractivity contribution in [3.63, 3.8) is 0 Å². The highest BCUT2D eigenvalue weighted by Gasteiger charge is 2.38. The fourth-order valence-corrected chi connectivity index (χ4v) is 3.47. The number of nitrogens with one attached hydrogen (secondary N) is 1. The summed E-state index contributed by atoms with van der Waals surface area (Å²) in [6, 6.07) is 0. The lowest BCUT2D eigenvalue weighted by molar-refractivity contribution is -0.144. The first kappa shape index (κ1) is 14.8. The van der Waals surface area contributed by atoms with Crippen LogP contribution in [0.15, 0.2) is 0 Å². The van der Waals surface area contributed by atoms with Crippen molar-refractivity contribution in [2.45, 2.75) is 63.9 Å². The van der Waals surface area contributed by atoms with Crippen LogP contribution in [0, 0.1) is 11.3 Å². The van der Waals surface area contributed by atoms with Crippen molar-refractivity contribution in [2.75, 3.05) is 13.1 Å². The van der Waals surface area contributed by atoms with Crippen LogP contribution in [0.1, 0.15) is 58.3 Å². The van der Waals surface area contributed by atoms with E-state index < -0.39 is 11.6 Å². The number of carbonyl (C=O) groups is 1. The Balaban J connectivity index is 1.72. The van der Waals surface area contributed by atoms with Crippen molar-refractivity contribution in [1.82, 2.24) is 5.32 Å². The average Bonchev–Trinajstić information content (AvgIpc) is 2.33. The summed E-state index contributed by atoms with van der Waals surface area (Å²) in [5.74, 6) is -0.969. The van der Waals surface area contributed by atoms with Crippen molar-refractivity contribution >= 4 is 5.97 Å². The quantitative estimate of drug-likeness (QED) is 0.691. The number of rotatable bonds is 6. The maximum atomic E-state index is 10.9. The summed E-state index contributed by atoms with van der Waals surface area (Å²) < 4.78 is 0. The van der Waals surface area contributed by atoms with Gasteiger partial charge in [0, 0.05) is 13.1 Å². The number of hydrogen-bond acceptors (Lipinski definition) is 3. The summed E-state index contributed by atoms with van der Waals surface area (Å²) in [7, 11) is 0. The Morgan fingerprint density at radius 1 is 1.21 bits per heavy atom. The predicted octanol–water partition coefficient (Wildman–Crippen LogP) is 2.16. The van der Waals surface area contributed by atoms with Gasteiger partial charge >= 0.3 is 5.97 Å². The molecule has 0 atom stereocenters. The smallest absolute Gasteiger partial charge is 0.306 e. The monoisotopic (exact) mass is 269 g/mol. The van der Waals surface area contributed by atoms with E-state index in [1.54, 1.807) is 0 Å². The molecule has 3 N–H and O–H groups in total. The van der Waals surface area contributed by atoms with Gasteiger partial charge in [-0.2, -0.15) is 0 Å². The summed E-state index contributed by atoms with van der Waals surface area (Å²) in [5.41, 5.74) is -0.223. The van der Waals surface area contributed by atoms with Gasteiger partial charge in [0.2, 0.25) is 0 Å². The molecule has 0 radical (unpaired) electrons. The SMILES string of the molecule is CCC1(CNCC2(O)CCC(C(=O)O)CC2)CCC1. The van der Waals surface area contributed by atoms with Crippen molar-refractivity contribution in [3.05, 3.63) is 0 Å². The average molecular weight is 269 g/mol. The second-order valence-corrected chi connectivity index (χ2v) is 6.65. The summed E-state index contributed by atoms with van der Waals surface area (Å²) >= 11 is 0. The van der Waals surface area contributed by atoms with E-state index >= 15 is 0 Å². The predicted molar refractivity (Wildman–Crippen MR) is 74.0 cm³/mol. The Morgan fingerprint density at radius 3 is 2.26 bits per heavy atom. The molecule has 0 aromatic carbocycles. The van der Waals surface area contributed by atoms with Crippen LogP contribution in [0.2, 0.25) is 0 Å². The molecule has 0 aromatic heterocycles. The minimum Gasteiger partial charge on any atom is -0.481 e. The van der Waals surface area contributed by atoms with E-state index in [4.69, 9.17) is 5.11 Å². The van der Waals surface area contributed by atoms with Crippen molar-refractivity contribution in [3.8, 4) is 0 Å². The van der Waals surface area contributed by atoms with Crippen molar-refractivity contribution < 1.29 is 15.0 Å². The molecular formula is C15H27NO3. The first-order valence-electron chi connectivity index (χ1n) is 7.65. The molecule has 19 heavy (non-hydrogen) atoms. The highest BCUT2D eigenvalue weighted by Crippen LogP contribution is 2.43. The first-order chi connectivity index (χ1) is 8.99. The van der Waals surface area contributed by atoms with Gasteiger partial charge in [0.1, 0.15) is 0 Å². The molecule has 0 spiro atoms. The third-order valence-electron chi connectivity index (χ3n) is 5.38. The van der Waals surface area contributed by atoms with E-state index in [0.29, 0.717) is 37.6 Å². The lowest BCUT2D eigenvalue weighted by Crippen LogP contribution is -2.48. The Kier molecular flexibility index (Phi) is 4.51. The minimum absolute atomic E-state index is 0.256. The van der Waals surface area contributed by atoms with Crippen molar-refractivity contribution in [2.24, 2.45) is 11.3 Å². The van der Waals surface area contributed by atoms with Gasteiger partial charge in [-0.15, -0.1) is 0 Å². The van der Waals surface area contributed by atoms with Crippen LogP contribution >= 0.6 is 0 Å². The molecule has 2 rings (SSSR count). The summed E-state index contributed by atoms with van der Waals surface area (Å²) in [4.78, 5) is 10.9. The molecule has 2 saturated carbocycles. The van der Waals surface area contributed by atoms with Gasteiger partial charge in [0.05, 0.1) is 11.5 Å². The lowest BCUT2D eigenvalue weighted by atomic mass is 9.67. The molecule has 0 saturated heterocycles. The highest BCUT2D eigenvalue weighted by molar-refractivity contribution is 5.70. The number of carboxylic acids is 1. The molecule has 4 heteroatoms. The largest absolute Gasteiger partial charge is 0.481 e. The molecule has 110 valence electrons. The van der Waals surface area contributed by atoms with Crippen LogP contribution in [-0.2, 0) is 4.79 Å². The molecule has 0 aliphatic heterocycles. The number of aliphatic carboxylic acids is 1. The molecule has 0 heterocycles. The second-order valence-electron chi connectivity index (χ2n) is 6.65. The molecule has 0 unspecified atom stereocenters. The van der Waals surface area contributed by atoms with E-state index in [0.717, 1.165) is 6.54 Å². The van der Waals surface area contributed by atoms with Gasteiger partial charge in [-0.3, -0.25) is 4.79 Å². The molecule has 2 aliphatic carbocycles. The molecule has 4 nitrogen and oxygen atoms in total. The maximum Gasteiger partial charge on any atom is 0.306 e. The minimum atomic E-state index is -0.714. The van der Waals surface area contributed by atoms with E-state index in [9.17, 15) is 9.90 Å². The zero-order valence-corrected chi connectivity index (χ0v) is 12.0. The molecule has 0 aromatic rings. The maximum absolute atomic E-state index is 10.9. The Hall–Kier alpha value is -0.610. The molecule has 0 bridgehead atoms. The van der Waals surface area contributed by atoms with E-state index in [2.05, 4.69) is 12.2 Å². The third kappa shape index (κ3) is 3.48.